The quantitative estimate of drug-likeness (QED) is 0.812. The van der Waals surface area contributed by atoms with E-state index in [1.165, 1.54) is 5.69 Å². The van der Waals surface area contributed by atoms with Crippen LogP contribution >= 0.6 is 0 Å². The zero-order chi connectivity index (χ0) is 17.6. The number of anilines is 1. The highest BCUT2D eigenvalue weighted by Gasteiger charge is 2.21. The summed E-state index contributed by atoms with van der Waals surface area (Å²) in [6.45, 7) is 11.9. The van der Waals surface area contributed by atoms with Gasteiger partial charge in [-0.2, -0.15) is 0 Å². The minimum absolute atomic E-state index is 0.131. The molecule has 0 radical (unpaired) electrons. The van der Waals surface area contributed by atoms with Crippen LogP contribution in [0.5, 0.6) is 5.75 Å². The van der Waals surface area contributed by atoms with Crippen LogP contribution in [0.2, 0.25) is 0 Å². The predicted octanol–water partition coefficient (Wildman–Crippen LogP) is 2.37. The molecule has 1 heterocycles. The van der Waals surface area contributed by atoms with Crippen LogP contribution in [-0.4, -0.2) is 57.2 Å². The van der Waals surface area contributed by atoms with Crippen molar-refractivity contribution in [3.63, 3.8) is 0 Å². The molecule has 1 aromatic rings. The molecule has 1 aromatic carbocycles. The number of amides is 1. The zero-order valence-electron chi connectivity index (χ0n) is 15.5. The Kier molecular flexibility index (Phi) is 6.49. The van der Waals surface area contributed by atoms with Gasteiger partial charge in [0.25, 0.3) is 0 Å². The fraction of sp³-hybridized carbons (Fsp3) is 0.632. The van der Waals surface area contributed by atoms with Crippen LogP contribution in [0.15, 0.2) is 24.3 Å². The van der Waals surface area contributed by atoms with Gasteiger partial charge in [-0.3, -0.25) is 9.69 Å². The number of carbonyl (C=O) groups excluding carboxylic acids is 1. The third kappa shape index (κ3) is 5.41. The van der Waals surface area contributed by atoms with E-state index in [4.69, 9.17) is 4.74 Å². The molecule has 1 amide bonds. The maximum atomic E-state index is 11.8. The molecule has 2 rings (SSSR count). The highest BCUT2D eigenvalue weighted by Crippen LogP contribution is 2.20. The summed E-state index contributed by atoms with van der Waals surface area (Å²) in [6.07, 6.45) is 1.00. The third-order valence-corrected chi connectivity index (χ3v) is 4.43. The summed E-state index contributed by atoms with van der Waals surface area (Å²) in [5.74, 6) is 1.03. The van der Waals surface area contributed by atoms with Crippen molar-refractivity contribution in [1.82, 2.24) is 10.2 Å². The Morgan fingerprint density at radius 2 is 1.75 bits per heavy atom. The fourth-order valence-electron chi connectivity index (χ4n) is 2.79. The van der Waals surface area contributed by atoms with Crippen LogP contribution in [0.1, 0.15) is 27.2 Å². The molecule has 1 aliphatic rings. The first-order chi connectivity index (χ1) is 11.4. The summed E-state index contributed by atoms with van der Waals surface area (Å²) in [7, 11) is 1.69. The first-order valence-corrected chi connectivity index (χ1v) is 8.80. The lowest BCUT2D eigenvalue weighted by Gasteiger charge is -2.36. The molecule has 1 N–H and O–H groups in total. The van der Waals surface area contributed by atoms with Gasteiger partial charge in [-0.25, -0.2) is 0 Å². The van der Waals surface area contributed by atoms with Crippen LogP contribution < -0.4 is 15.0 Å². The summed E-state index contributed by atoms with van der Waals surface area (Å²) < 4.78 is 5.21. The number of carbonyl (C=O) groups is 1. The van der Waals surface area contributed by atoms with Crippen molar-refractivity contribution < 1.29 is 9.53 Å². The molecule has 134 valence electrons. The molecule has 1 aliphatic heterocycles. The zero-order valence-corrected chi connectivity index (χ0v) is 15.5. The van der Waals surface area contributed by atoms with Crippen molar-refractivity contribution in [2.24, 2.45) is 5.41 Å². The first-order valence-electron chi connectivity index (χ1n) is 8.80. The number of hydrogen-bond acceptors (Lipinski definition) is 4. The average Bonchev–Trinajstić information content (AvgIpc) is 2.58. The molecular weight excluding hydrogens is 302 g/mol. The standard InChI is InChI=1S/C19H31N3O2/c1-19(2,3)18(23)20-10-5-11-21-12-14-22(15-13-21)16-6-8-17(24-4)9-7-16/h6-9H,5,10-15H2,1-4H3,(H,20,23). The molecule has 0 saturated carbocycles. The molecule has 0 unspecified atom stereocenters. The van der Waals surface area contributed by atoms with Gasteiger partial charge in [0.2, 0.25) is 5.91 Å². The van der Waals surface area contributed by atoms with E-state index in [0.717, 1.165) is 51.4 Å². The molecule has 0 atom stereocenters. The van der Waals surface area contributed by atoms with E-state index in [1.807, 2.05) is 32.9 Å². The van der Waals surface area contributed by atoms with Gasteiger partial charge in [0.1, 0.15) is 5.75 Å². The van der Waals surface area contributed by atoms with Crippen molar-refractivity contribution >= 4 is 11.6 Å². The van der Waals surface area contributed by atoms with Crippen molar-refractivity contribution in [1.29, 1.82) is 0 Å². The molecule has 5 heteroatoms. The van der Waals surface area contributed by atoms with Crippen LogP contribution in [0.3, 0.4) is 0 Å². The summed E-state index contributed by atoms with van der Waals surface area (Å²) in [4.78, 5) is 16.7. The molecule has 0 bridgehead atoms. The second-order valence-electron chi connectivity index (χ2n) is 7.39. The van der Waals surface area contributed by atoms with Gasteiger partial charge >= 0.3 is 0 Å². The number of rotatable bonds is 6. The van der Waals surface area contributed by atoms with E-state index in [1.54, 1.807) is 7.11 Å². The van der Waals surface area contributed by atoms with Gasteiger partial charge in [-0.1, -0.05) is 20.8 Å². The smallest absolute Gasteiger partial charge is 0.225 e. The highest BCUT2D eigenvalue weighted by atomic mass is 16.5. The van der Waals surface area contributed by atoms with E-state index >= 15 is 0 Å². The fourth-order valence-corrected chi connectivity index (χ4v) is 2.79. The van der Waals surface area contributed by atoms with Crippen LogP contribution in [0.25, 0.3) is 0 Å². The van der Waals surface area contributed by atoms with Gasteiger partial charge in [0, 0.05) is 43.8 Å². The Hall–Kier alpha value is -1.75. The second-order valence-corrected chi connectivity index (χ2v) is 7.39. The van der Waals surface area contributed by atoms with Crippen molar-refractivity contribution in [3.8, 4) is 5.75 Å². The molecule has 0 aliphatic carbocycles. The normalized spacial score (nSPS) is 16.1. The van der Waals surface area contributed by atoms with Crippen molar-refractivity contribution in [2.75, 3.05) is 51.3 Å². The Bertz CT molecular complexity index is 514. The van der Waals surface area contributed by atoms with E-state index in [0.29, 0.717) is 0 Å². The van der Waals surface area contributed by atoms with Gasteiger partial charge in [-0.15, -0.1) is 0 Å². The van der Waals surface area contributed by atoms with E-state index < -0.39 is 0 Å². The highest BCUT2D eigenvalue weighted by molar-refractivity contribution is 5.81. The van der Waals surface area contributed by atoms with E-state index in [2.05, 4.69) is 27.2 Å². The maximum Gasteiger partial charge on any atom is 0.225 e. The van der Waals surface area contributed by atoms with Gasteiger partial charge in [-0.05, 0) is 37.2 Å². The number of methoxy groups -OCH3 is 1. The average molecular weight is 333 g/mol. The second kappa shape index (κ2) is 8.38. The number of hydrogen-bond donors (Lipinski definition) is 1. The van der Waals surface area contributed by atoms with Crippen LogP contribution in [0.4, 0.5) is 5.69 Å². The van der Waals surface area contributed by atoms with Crippen molar-refractivity contribution in [2.45, 2.75) is 27.2 Å². The minimum Gasteiger partial charge on any atom is -0.497 e. The number of benzene rings is 1. The predicted molar refractivity (Wildman–Crippen MR) is 98.7 cm³/mol. The molecular formula is C19H31N3O2. The van der Waals surface area contributed by atoms with Gasteiger partial charge < -0.3 is 15.0 Å². The summed E-state index contributed by atoms with van der Waals surface area (Å²) in [5, 5.41) is 3.02. The summed E-state index contributed by atoms with van der Waals surface area (Å²) in [6, 6.07) is 8.27. The lowest BCUT2D eigenvalue weighted by molar-refractivity contribution is -0.128. The van der Waals surface area contributed by atoms with E-state index in [9.17, 15) is 4.79 Å². The number of piperazine rings is 1. The summed E-state index contributed by atoms with van der Waals surface area (Å²) in [5.41, 5.74) is 0.956. The largest absolute Gasteiger partial charge is 0.497 e. The molecule has 1 fully saturated rings. The number of nitrogens with one attached hydrogen (secondary N) is 1. The van der Waals surface area contributed by atoms with Crippen LogP contribution in [0, 0.1) is 5.41 Å². The van der Waals surface area contributed by atoms with E-state index in [-0.39, 0.29) is 11.3 Å². The molecule has 0 spiro atoms. The van der Waals surface area contributed by atoms with Gasteiger partial charge in [0.15, 0.2) is 0 Å². The number of ether oxygens (including phenoxy) is 1. The molecule has 1 saturated heterocycles. The molecule has 5 nitrogen and oxygen atoms in total. The molecule has 0 aromatic heterocycles. The third-order valence-electron chi connectivity index (χ3n) is 4.43. The Morgan fingerprint density at radius 3 is 2.29 bits per heavy atom. The Balaban J connectivity index is 1.66. The van der Waals surface area contributed by atoms with Crippen molar-refractivity contribution in [3.05, 3.63) is 24.3 Å². The Labute approximate surface area is 146 Å². The lowest BCUT2D eigenvalue weighted by atomic mass is 9.96. The Morgan fingerprint density at radius 1 is 1.12 bits per heavy atom. The monoisotopic (exact) mass is 333 g/mol. The summed E-state index contributed by atoms with van der Waals surface area (Å²) >= 11 is 0. The minimum atomic E-state index is -0.302. The van der Waals surface area contributed by atoms with Gasteiger partial charge in [0.05, 0.1) is 7.11 Å². The topological polar surface area (TPSA) is 44.8 Å². The lowest BCUT2D eigenvalue weighted by Crippen LogP contribution is -2.47. The SMILES string of the molecule is COc1ccc(N2CCN(CCCNC(=O)C(C)(C)C)CC2)cc1. The molecule has 24 heavy (non-hydrogen) atoms. The van der Waals surface area contributed by atoms with Crippen LogP contribution in [-0.2, 0) is 4.79 Å². The maximum absolute atomic E-state index is 11.8. The number of nitrogens with zero attached hydrogens (tertiary/aromatic N) is 2. The first kappa shape index (κ1) is 18.6.